The molecule has 18 heteroatoms. The van der Waals surface area contributed by atoms with Crippen molar-refractivity contribution in [2.75, 3.05) is 13.2 Å². The Hall–Kier alpha value is -1.43. The lowest BCUT2D eigenvalue weighted by molar-refractivity contribution is -0.360. The van der Waals surface area contributed by atoms with Gasteiger partial charge in [0, 0.05) is 0 Å². The lowest BCUT2D eigenvalue weighted by Crippen LogP contribution is -2.70. The minimum atomic E-state index is -1.87. The van der Waals surface area contributed by atoms with Crippen molar-refractivity contribution in [3.63, 3.8) is 0 Å². The van der Waals surface area contributed by atoms with Gasteiger partial charge in [-0.05, 0) is 123 Å². The molecular weight excluding hydrogens is 865 g/mol. The van der Waals surface area contributed by atoms with E-state index in [4.69, 9.17) is 28.4 Å². The molecule has 0 aromatic carbocycles. The van der Waals surface area contributed by atoms with E-state index in [1.807, 2.05) is 6.92 Å². The maximum Gasteiger partial charge on any atom is 0.314 e. The molecule has 66 heavy (non-hydrogen) atoms. The van der Waals surface area contributed by atoms with Gasteiger partial charge in [0.1, 0.15) is 67.1 Å². The van der Waals surface area contributed by atoms with Crippen LogP contribution in [-0.4, -0.2) is 180 Å². The van der Waals surface area contributed by atoms with Crippen molar-refractivity contribution in [2.45, 2.75) is 211 Å². The lowest BCUT2D eigenvalue weighted by atomic mass is 9.31. The molecule has 0 radical (unpaired) electrons. The molecule has 8 aliphatic rings. The zero-order valence-electron chi connectivity index (χ0n) is 39.5. The molecule has 0 amide bonds. The Kier molecular flexibility index (Phi) is 13.9. The van der Waals surface area contributed by atoms with E-state index >= 15 is 0 Å². The number of carbonyl (C=O) groups excluding carboxylic acids is 1. The fourth-order valence-electron chi connectivity index (χ4n) is 15.8. The van der Waals surface area contributed by atoms with Crippen LogP contribution >= 0.6 is 0 Å². The van der Waals surface area contributed by atoms with Crippen LogP contribution in [0.5, 0.6) is 0 Å². The largest absolute Gasteiger partial charge is 0.432 e. The number of aliphatic hydroxyl groups excluding tert-OH is 11. The molecule has 0 aromatic heterocycles. The van der Waals surface area contributed by atoms with Gasteiger partial charge in [0.15, 0.2) is 12.6 Å². The third-order valence-corrected chi connectivity index (χ3v) is 19.6. The average Bonchev–Trinajstić information content (AvgIpc) is 3.67. The van der Waals surface area contributed by atoms with Crippen molar-refractivity contribution in [3.8, 4) is 0 Å². The van der Waals surface area contributed by atoms with Gasteiger partial charge in [-0.3, -0.25) is 4.79 Å². The summed E-state index contributed by atoms with van der Waals surface area (Å²) in [4.78, 5) is 14.9. The Labute approximate surface area is 387 Å². The quantitative estimate of drug-likeness (QED) is 0.107. The van der Waals surface area contributed by atoms with Gasteiger partial charge in [0.2, 0.25) is 6.29 Å². The molecule has 3 saturated heterocycles. The summed E-state index contributed by atoms with van der Waals surface area (Å²) in [5, 5.41) is 119. The normalized spacial score (nSPS) is 55.7. The Morgan fingerprint density at radius 2 is 1.30 bits per heavy atom. The number of carbonyl (C=O) groups is 1. The molecule has 5 saturated carbocycles. The molecular formula is C48H78O18. The lowest BCUT2D eigenvalue weighted by Gasteiger charge is -2.73. The number of esters is 1. The standard InChI is InChI=1S/C48H78O18/c1-20(2)22-9-14-48(16-15-46(7)23(29(22)48)17-24(50)39-45(6)12-11-28(51)44(4,5)27(45)10-13-47(39,46)8)43(60)66-41-37(59)34(56)38(21(3)62-41)65-42-36(58)33(55)31(53)26(64-42)19-61-40-35(57)32(54)30(52)25(18-49)63-40/h21-42,49-59H,1,9-19H2,2-8H3/t21-,22-,23+,24+,25+,26+,27-,28+,29+,30+,31+,32-,33-,34-,35+,36+,37+,38-,39+,40+,41-,42-,45-,46+,47+,48-/m0/s1. The second-order valence-corrected chi connectivity index (χ2v) is 23.1. The van der Waals surface area contributed by atoms with Gasteiger partial charge >= 0.3 is 5.97 Å². The van der Waals surface area contributed by atoms with E-state index in [-0.39, 0.29) is 51.2 Å². The molecule has 26 atom stereocenters. The first-order chi connectivity index (χ1) is 30.8. The predicted molar refractivity (Wildman–Crippen MR) is 230 cm³/mol. The molecule has 11 N–H and O–H groups in total. The number of aliphatic hydroxyl groups is 11. The summed E-state index contributed by atoms with van der Waals surface area (Å²) < 4.78 is 34.8. The summed E-state index contributed by atoms with van der Waals surface area (Å²) in [5.74, 6) is -0.577. The van der Waals surface area contributed by atoms with E-state index in [2.05, 4.69) is 41.2 Å². The van der Waals surface area contributed by atoms with Crippen LogP contribution in [0, 0.1) is 56.7 Å². The summed E-state index contributed by atoms with van der Waals surface area (Å²) in [6.07, 6.45) is -19.1. The molecule has 8 rings (SSSR count). The van der Waals surface area contributed by atoms with Crippen molar-refractivity contribution in [1.82, 2.24) is 0 Å². The molecule has 0 bridgehead atoms. The molecule has 0 aromatic rings. The van der Waals surface area contributed by atoms with E-state index in [9.17, 15) is 61.0 Å². The molecule has 0 unspecified atom stereocenters. The van der Waals surface area contributed by atoms with Crippen LogP contribution in [-0.2, 0) is 33.2 Å². The minimum absolute atomic E-state index is 0.00836. The molecule has 8 fully saturated rings. The molecule has 0 spiro atoms. The Morgan fingerprint density at radius 3 is 1.95 bits per heavy atom. The number of allylic oxidation sites excluding steroid dienone is 1. The fraction of sp³-hybridized carbons (Fsp3) is 0.938. The van der Waals surface area contributed by atoms with E-state index in [0.717, 1.165) is 31.3 Å². The Bertz CT molecular complexity index is 1780. The zero-order valence-corrected chi connectivity index (χ0v) is 39.5. The van der Waals surface area contributed by atoms with E-state index in [0.29, 0.717) is 32.1 Å². The summed E-state index contributed by atoms with van der Waals surface area (Å²) in [7, 11) is 0. The average molecular weight is 943 g/mol. The first-order valence-corrected chi connectivity index (χ1v) is 24.3. The van der Waals surface area contributed by atoms with Gasteiger partial charge in [-0.15, -0.1) is 0 Å². The highest BCUT2D eigenvalue weighted by Gasteiger charge is 2.74. The smallest absolute Gasteiger partial charge is 0.314 e. The van der Waals surface area contributed by atoms with Gasteiger partial charge in [-0.2, -0.15) is 0 Å². The van der Waals surface area contributed by atoms with E-state index in [1.54, 1.807) is 0 Å². The number of fused-ring (bicyclic) bond motifs is 7. The minimum Gasteiger partial charge on any atom is -0.432 e. The van der Waals surface area contributed by atoms with Crippen LogP contribution in [0.2, 0.25) is 0 Å². The van der Waals surface area contributed by atoms with Crippen molar-refractivity contribution in [3.05, 3.63) is 12.2 Å². The number of ether oxygens (including phenoxy) is 6. The fourth-order valence-corrected chi connectivity index (χ4v) is 15.8. The van der Waals surface area contributed by atoms with Crippen molar-refractivity contribution < 1.29 is 89.4 Å². The highest BCUT2D eigenvalue weighted by molar-refractivity contribution is 5.78. The molecule has 3 heterocycles. The van der Waals surface area contributed by atoms with Gasteiger partial charge in [-0.1, -0.05) is 46.8 Å². The van der Waals surface area contributed by atoms with E-state index in [1.165, 1.54) is 6.92 Å². The monoisotopic (exact) mass is 943 g/mol. The van der Waals surface area contributed by atoms with Crippen LogP contribution in [0.1, 0.15) is 106 Å². The number of rotatable bonds is 9. The summed E-state index contributed by atoms with van der Waals surface area (Å²) in [6, 6.07) is 0. The third-order valence-electron chi connectivity index (χ3n) is 19.6. The Morgan fingerprint density at radius 1 is 0.682 bits per heavy atom. The second-order valence-electron chi connectivity index (χ2n) is 23.1. The summed E-state index contributed by atoms with van der Waals surface area (Å²) in [5.41, 5.74) is -0.977. The number of hydrogen-bond acceptors (Lipinski definition) is 18. The maximum absolute atomic E-state index is 14.9. The van der Waals surface area contributed by atoms with Crippen LogP contribution in [0.3, 0.4) is 0 Å². The topological polar surface area (TPSA) is 295 Å². The summed E-state index contributed by atoms with van der Waals surface area (Å²) >= 11 is 0. The molecule has 3 aliphatic heterocycles. The first kappa shape index (κ1) is 50.9. The maximum atomic E-state index is 14.9. The van der Waals surface area contributed by atoms with Crippen LogP contribution < -0.4 is 0 Å². The Balaban J connectivity index is 0.964. The third kappa shape index (κ3) is 7.69. The summed E-state index contributed by atoms with van der Waals surface area (Å²) in [6.45, 7) is 18.0. The zero-order chi connectivity index (χ0) is 48.4. The van der Waals surface area contributed by atoms with Gasteiger partial charge in [0.25, 0.3) is 0 Å². The predicted octanol–water partition coefficient (Wildman–Crippen LogP) is -0.00520. The molecule has 5 aliphatic carbocycles. The van der Waals surface area contributed by atoms with E-state index < -0.39 is 129 Å². The van der Waals surface area contributed by atoms with Gasteiger partial charge in [-0.25, -0.2) is 0 Å². The highest BCUT2D eigenvalue weighted by atomic mass is 16.8. The second kappa shape index (κ2) is 18.0. The van der Waals surface area contributed by atoms with Crippen molar-refractivity contribution in [2.24, 2.45) is 56.7 Å². The molecule has 18 nitrogen and oxygen atoms in total. The highest BCUT2D eigenvalue weighted by Crippen LogP contribution is 2.77. The van der Waals surface area contributed by atoms with Gasteiger partial charge < -0.3 is 84.6 Å². The van der Waals surface area contributed by atoms with Crippen LogP contribution in [0.4, 0.5) is 0 Å². The van der Waals surface area contributed by atoms with Crippen molar-refractivity contribution >= 4 is 5.97 Å². The molecule has 378 valence electrons. The van der Waals surface area contributed by atoms with Crippen molar-refractivity contribution in [1.29, 1.82) is 0 Å². The van der Waals surface area contributed by atoms with Gasteiger partial charge in [0.05, 0.1) is 36.9 Å². The van der Waals surface area contributed by atoms with Crippen LogP contribution in [0.25, 0.3) is 0 Å². The first-order valence-electron chi connectivity index (χ1n) is 24.3. The SMILES string of the molecule is C=C(C)[C@@H]1CC[C@]2(C(=O)O[C@@H]3O[C@@H](C)[C@H](O[C@@H]4O[C@H](CO[C@@H]5O[C@H](CO)[C@@H](O)[C@H](O)[C@H]5O)[C@@H](O)[C@H](O)[C@H]4O)[C@@H](O)[C@H]3O)CC[C@]3(C)[C@H](C[C@@H](O)[C@@H]4[C@@]5(C)CC[C@@H](O)C(C)(C)[C@@H]5CC[C@]43C)[C@@H]12. The number of hydrogen-bond donors (Lipinski definition) is 11. The van der Waals surface area contributed by atoms with Crippen LogP contribution in [0.15, 0.2) is 12.2 Å².